The van der Waals surface area contributed by atoms with E-state index in [1.807, 2.05) is 11.1 Å². The van der Waals surface area contributed by atoms with Gasteiger partial charge in [0.2, 0.25) is 0 Å². The topological polar surface area (TPSA) is 0 Å². The Morgan fingerprint density at radius 1 is 0.935 bits per heavy atom. The van der Waals surface area contributed by atoms with Gasteiger partial charge in [0.1, 0.15) is 0 Å². The molecule has 0 heterocycles. The van der Waals surface area contributed by atoms with Crippen LogP contribution in [0.5, 0.6) is 0 Å². The average molecular weight is 425 g/mol. The van der Waals surface area contributed by atoms with Crippen LogP contribution < -0.4 is 0 Å². The Morgan fingerprint density at radius 3 is 2.32 bits per heavy atom. The fraction of sp³-hybridized carbons (Fsp3) is 0.871. The number of allylic oxidation sites excluding steroid dienone is 4. The van der Waals surface area contributed by atoms with Gasteiger partial charge in [-0.05, 0) is 123 Å². The minimum atomic E-state index is 0.456. The van der Waals surface area contributed by atoms with Crippen LogP contribution in [-0.2, 0) is 0 Å². The third-order valence-corrected chi connectivity index (χ3v) is 12.2. The number of hydrogen-bond donors (Lipinski definition) is 0. The summed E-state index contributed by atoms with van der Waals surface area (Å²) in [6.07, 6.45) is 16.6. The first-order valence-electron chi connectivity index (χ1n) is 13.7. The summed E-state index contributed by atoms with van der Waals surface area (Å²) in [5, 5.41) is 0. The maximum absolute atomic E-state index is 2.72. The van der Waals surface area contributed by atoms with Crippen molar-refractivity contribution in [3.8, 4) is 0 Å². The molecular weight excluding hydrogens is 372 g/mol. The minimum absolute atomic E-state index is 0.456. The fourth-order valence-corrected chi connectivity index (χ4v) is 9.66. The van der Waals surface area contributed by atoms with Gasteiger partial charge in [-0.1, -0.05) is 71.3 Å². The van der Waals surface area contributed by atoms with E-state index in [-0.39, 0.29) is 0 Å². The van der Waals surface area contributed by atoms with E-state index in [0.717, 1.165) is 23.7 Å². The maximum Gasteiger partial charge on any atom is -0.00568 e. The summed E-state index contributed by atoms with van der Waals surface area (Å²) in [6.45, 7) is 22.9. The van der Waals surface area contributed by atoms with Crippen LogP contribution in [0.25, 0.3) is 0 Å². The molecular formula is C31H52. The zero-order chi connectivity index (χ0) is 22.8. The van der Waals surface area contributed by atoms with Gasteiger partial charge in [-0.3, -0.25) is 0 Å². The summed E-state index contributed by atoms with van der Waals surface area (Å²) < 4.78 is 0. The lowest BCUT2D eigenvalue weighted by atomic mass is 9.42. The smallest absolute Gasteiger partial charge is 0.00568 e. The largest absolute Gasteiger partial charge is 0.0859 e. The number of hydrogen-bond acceptors (Lipinski definition) is 0. The Hall–Kier alpha value is -0.520. The van der Waals surface area contributed by atoms with Crippen molar-refractivity contribution in [3.05, 3.63) is 22.8 Å². The Kier molecular flexibility index (Phi) is 5.92. The molecule has 0 radical (unpaired) electrons. The van der Waals surface area contributed by atoms with Gasteiger partial charge in [-0.2, -0.15) is 0 Å². The molecule has 0 aromatic carbocycles. The SMILES string of the molecule is CC(C)=CCCC(C)C1CC[C@@]2(C)C3=C(CC[C@]12C)[C@@]1(C)CC[C@H](C)C(C)(C)[C@@H]1CC3. The van der Waals surface area contributed by atoms with Crippen LogP contribution in [0.1, 0.15) is 127 Å². The van der Waals surface area contributed by atoms with Crippen molar-refractivity contribution in [2.45, 2.75) is 127 Å². The van der Waals surface area contributed by atoms with Crippen LogP contribution in [0.15, 0.2) is 22.8 Å². The molecule has 0 spiro atoms. The molecule has 0 amide bonds. The van der Waals surface area contributed by atoms with Crippen LogP contribution in [0.3, 0.4) is 0 Å². The second kappa shape index (κ2) is 7.77. The fourth-order valence-electron chi connectivity index (χ4n) is 9.66. The molecule has 0 saturated heterocycles. The first-order valence-corrected chi connectivity index (χ1v) is 13.7. The molecule has 4 aliphatic carbocycles. The molecule has 0 nitrogen and oxygen atoms in total. The zero-order valence-corrected chi connectivity index (χ0v) is 22.5. The lowest BCUT2D eigenvalue weighted by molar-refractivity contribution is -0.0482. The summed E-state index contributed by atoms with van der Waals surface area (Å²) >= 11 is 0. The van der Waals surface area contributed by atoms with Crippen LogP contribution in [0.2, 0.25) is 0 Å². The number of rotatable bonds is 4. The predicted molar refractivity (Wildman–Crippen MR) is 136 cm³/mol. The average Bonchev–Trinajstić information content (AvgIpc) is 2.96. The van der Waals surface area contributed by atoms with Crippen molar-refractivity contribution in [2.75, 3.05) is 0 Å². The van der Waals surface area contributed by atoms with Crippen molar-refractivity contribution in [3.63, 3.8) is 0 Å². The van der Waals surface area contributed by atoms with Gasteiger partial charge < -0.3 is 0 Å². The van der Waals surface area contributed by atoms with E-state index in [9.17, 15) is 0 Å². The van der Waals surface area contributed by atoms with E-state index in [1.54, 1.807) is 0 Å². The molecule has 2 unspecified atom stereocenters. The molecule has 4 aliphatic rings. The Bertz CT molecular complexity index is 761. The quantitative estimate of drug-likeness (QED) is 0.394. The van der Waals surface area contributed by atoms with E-state index in [2.05, 4.69) is 68.4 Å². The molecule has 176 valence electrons. The van der Waals surface area contributed by atoms with Gasteiger partial charge in [0, 0.05) is 0 Å². The summed E-state index contributed by atoms with van der Waals surface area (Å²) in [5.74, 6) is 3.52. The summed E-state index contributed by atoms with van der Waals surface area (Å²) in [5.41, 5.74) is 7.34. The normalized spacial score (nSPS) is 44.9. The van der Waals surface area contributed by atoms with Crippen molar-refractivity contribution in [1.82, 2.24) is 0 Å². The van der Waals surface area contributed by atoms with Crippen molar-refractivity contribution >= 4 is 0 Å². The second-order valence-corrected chi connectivity index (χ2v) is 14.0. The highest BCUT2D eigenvalue weighted by atomic mass is 14.7. The molecule has 0 aliphatic heterocycles. The molecule has 4 rings (SSSR count). The molecule has 0 aromatic heterocycles. The van der Waals surface area contributed by atoms with Crippen LogP contribution in [0.4, 0.5) is 0 Å². The highest BCUT2D eigenvalue weighted by Gasteiger charge is 2.62. The lowest BCUT2D eigenvalue weighted by Crippen LogP contribution is -2.53. The van der Waals surface area contributed by atoms with Gasteiger partial charge >= 0.3 is 0 Å². The maximum atomic E-state index is 2.72. The van der Waals surface area contributed by atoms with Crippen molar-refractivity contribution < 1.29 is 0 Å². The van der Waals surface area contributed by atoms with Gasteiger partial charge in [0.15, 0.2) is 0 Å². The molecule has 31 heavy (non-hydrogen) atoms. The molecule has 7 atom stereocenters. The first-order chi connectivity index (χ1) is 14.4. The van der Waals surface area contributed by atoms with E-state index < -0.39 is 0 Å². The third kappa shape index (κ3) is 3.35. The van der Waals surface area contributed by atoms with Crippen LogP contribution in [0, 0.1) is 45.3 Å². The van der Waals surface area contributed by atoms with E-state index in [0.29, 0.717) is 21.7 Å². The summed E-state index contributed by atoms with van der Waals surface area (Å²) in [7, 11) is 0. The Balaban J connectivity index is 1.65. The van der Waals surface area contributed by atoms with Crippen molar-refractivity contribution in [2.24, 2.45) is 45.3 Å². The van der Waals surface area contributed by atoms with Crippen molar-refractivity contribution in [1.29, 1.82) is 0 Å². The highest BCUT2D eigenvalue weighted by molar-refractivity contribution is 5.38. The van der Waals surface area contributed by atoms with E-state index in [1.165, 1.54) is 69.8 Å². The lowest BCUT2D eigenvalue weighted by Gasteiger charge is -2.62. The monoisotopic (exact) mass is 424 g/mol. The Labute approximate surface area is 194 Å². The zero-order valence-electron chi connectivity index (χ0n) is 22.5. The van der Waals surface area contributed by atoms with Gasteiger partial charge in [0.25, 0.3) is 0 Å². The van der Waals surface area contributed by atoms with Gasteiger partial charge in [0.05, 0.1) is 0 Å². The third-order valence-electron chi connectivity index (χ3n) is 12.2. The summed E-state index contributed by atoms with van der Waals surface area (Å²) in [4.78, 5) is 0. The molecule has 0 heteroatoms. The van der Waals surface area contributed by atoms with E-state index in [4.69, 9.17) is 0 Å². The van der Waals surface area contributed by atoms with E-state index >= 15 is 0 Å². The predicted octanol–water partition coefficient (Wildman–Crippen LogP) is 9.75. The minimum Gasteiger partial charge on any atom is -0.0859 e. The van der Waals surface area contributed by atoms with Crippen LogP contribution >= 0.6 is 0 Å². The van der Waals surface area contributed by atoms with Crippen LogP contribution in [-0.4, -0.2) is 0 Å². The summed E-state index contributed by atoms with van der Waals surface area (Å²) in [6, 6.07) is 0. The standard InChI is InChI=1S/C31H52/c1-21(2)11-10-12-22(3)24-16-19-31(9)26-13-14-27-28(5,6)23(4)15-18-29(27,7)25(26)17-20-30(24,31)8/h11,22-24,27H,10,12-20H2,1-9H3/t22?,23-,24?,27-,29+,30+,31-/m0/s1. The molecule has 2 saturated carbocycles. The Morgan fingerprint density at radius 2 is 1.65 bits per heavy atom. The molecule has 0 aromatic rings. The highest BCUT2D eigenvalue weighted by Crippen LogP contribution is 2.72. The molecule has 0 N–H and O–H groups in total. The van der Waals surface area contributed by atoms with Gasteiger partial charge in [-0.25, -0.2) is 0 Å². The van der Waals surface area contributed by atoms with Gasteiger partial charge in [-0.15, -0.1) is 0 Å². The molecule has 2 fully saturated rings. The number of fused-ring (bicyclic) bond motifs is 4. The second-order valence-electron chi connectivity index (χ2n) is 14.0. The molecule has 0 bridgehead atoms. The first kappa shape index (κ1) is 23.6.